The molecule has 1 saturated heterocycles. The second-order valence-electron chi connectivity index (χ2n) is 7.03. The Morgan fingerprint density at radius 2 is 2.20 bits per heavy atom. The molecule has 0 aromatic carbocycles. The molecular weight excluding hydrogens is 426 g/mol. The van der Waals surface area contributed by atoms with Crippen molar-refractivity contribution in [1.82, 2.24) is 14.6 Å². The highest BCUT2D eigenvalue weighted by molar-refractivity contribution is 7.36. The number of alkyl halides is 1. The molecule has 0 radical (unpaired) electrons. The number of esters is 1. The Labute approximate surface area is 172 Å². The third kappa shape index (κ3) is 5.36. The van der Waals surface area contributed by atoms with Gasteiger partial charge in [0.05, 0.1) is 6.10 Å². The number of nitrogens with zero attached hydrogens (tertiary/aromatic N) is 2. The summed E-state index contributed by atoms with van der Waals surface area (Å²) in [6.07, 6.45) is -4.00. The molecule has 0 amide bonds. The van der Waals surface area contributed by atoms with Crippen LogP contribution in [-0.2, 0) is 23.4 Å². The Bertz CT molecular complexity index is 840. The SMILES string of the molecule is CC(C)OC(=O)[C@H](C)N[P+](=O)OCC1O[C@@H](n2ccc(N)nc2=O)C(O)(CF)[C@H]1O. The molecule has 168 valence electrons. The van der Waals surface area contributed by atoms with Crippen molar-refractivity contribution in [2.24, 2.45) is 0 Å². The molecule has 1 aliphatic rings. The number of halogens is 1. The summed E-state index contributed by atoms with van der Waals surface area (Å²) in [5, 5.41) is 23.2. The van der Waals surface area contributed by atoms with E-state index in [1.54, 1.807) is 13.8 Å². The Hall–Kier alpha value is -2.02. The Balaban J connectivity index is 2.04. The first-order valence-electron chi connectivity index (χ1n) is 9.03. The van der Waals surface area contributed by atoms with Gasteiger partial charge in [-0.05, 0) is 31.4 Å². The Morgan fingerprint density at radius 1 is 1.53 bits per heavy atom. The molecule has 1 aromatic heterocycles. The number of aromatic nitrogens is 2. The van der Waals surface area contributed by atoms with E-state index in [0.717, 1.165) is 10.8 Å². The van der Waals surface area contributed by atoms with Crippen LogP contribution in [0.4, 0.5) is 10.2 Å². The first-order valence-corrected chi connectivity index (χ1v) is 10.2. The highest BCUT2D eigenvalue weighted by Crippen LogP contribution is 2.39. The van der Waals surface area contributed by atoms with E-state index in [1.807, 2.05) is 0 Å². The molecule has 1 fully saturated rings. The van der Waals surface area contributed by atoms with Gasteiger partial charge < -0.3 is 25.4 Å². The number of hydrogen-bond acceptors (Lipinski definition) is 10. The van der Waals surface area contributed by atoms with Crippen LogP contribution in [0.3, 0.4) is 0 Å². The molecule has 14 heteroatoms. The minimum Gasteiger partial charge on any atom is -0.462 e. The number of carbonyl (C=O) groups is 1. The normalized spacial score (nSPS) is 27.8. The van der Waals surface area contributed by atoms with Crippen LogP contribution in [-0.4, -0.2) is 69.0 Å². The van der Waals surface area contributed by atoms with Crippen molar-refractivity contribution in [2.45, 2.75) is 57.0 Å². The van der Waals surface area contributed by atoms with Gasteiger partial charge >= 0.3 is 19.8 Å². The van der Waals surface area contributed by atoms with Gasteiger partial charge in [-0.25, -0.2) is 9.18 Å². The zero-order chi connectivity index (χ0) is 22.6. The van der Waals surface area contributed by atoms with Gasteiger partial charge in [-0.15, -0.1) is 4.52 Å². The molecule has 30 heavy (non-hydrogen) atoms. The van der Waals surface area contributed by atoms with Crippen molar-refractivity contribution >= 4 is 20.0 Å². The summed E-state index contributed by atoms with van der Waals surface area (Å²) < 4.78 is 41.8. The van der Waals surface area contributed by atoms with Crippen molar-refractivity contribution in [3.63, 3.8) is 0 Å². The third-order valence-corrected chi connectivity index (χ3v) is 5.26. The molecule has 2 rings (SSSR count). The highest BCUT2D eigenvalue weighted by Gasteiger charge is 2.57. The van der Waals surface area contributed by atoms with Gasteiger partial charge in [0.15, 0.2) is 11.8 Å². The summed E-state index contributed by atoms with van der Waals surface area (Å²) >= 11 is 0. The zero-order valence-corrected chi connectivity index (χ0v) is 17.5. The lowest BCUT2D eigenvalue weighted by Crippen LogP contribution is -2.50. The number of anilines is 1. The number of aliphatic hydroxyl groups excluding tert-OH is 1. The van der Waals surface area contributed by atoms with Gasteiger partial charge in [-0.3, -0.25) is 9.36 Å². The Morgan fingerprint density at radius 3 is 2.77 bits per heavy atom. The van der Waals surface area contributed by atoms with Crippen molar-refractivity contribution in [1.29, 1.82) is 0 Å². The maximum atomic E-state index is 13.6. The summed E-state index contributed by atoms with van der Waals surface area (Å²) in [7, 11) is -2.59. The van der Waals surface area contributed by atoms with Crippen LogP contribution in [0.25, 0.3) is 0 Å². The average Bonchev–Trinajstić information content (AvgIpc) is 2.91. The molecule has 5 N–H and O–H groups in total. The van der Waals surface area contributed by atoms with Crippen LogP contribution in [0, 0.1) is 0 Å². The van der Waals surface area contributed by atoms with Gasteiger partial charge in [0, 0.05) is 6.20 Å². The van der Waals surface area contributed by atoms with E-state index in [2.05, 4.69) is 10.1 Å². The molecule has 2 heterocycles. The van der Waals surface area contributed by atoms with Crippen LogP contribution in [0.15, 0.2) is 17.1 Å². The minimum atomic E-state index is -2.59. The number of nitrogens with two attached hydrogens (primary N) is 1. The molecule has 6 atom stereocenters. The van der Waals surface area contributed by atoms with E-state index in [1.165, 1.54) is 13.0 Å². The van der Waals surface area contributed by atoms with E-state index in [-0.39, 0.29) is 11.9 Å². The number of aliphatic hydroxyl groups is 2. The van der Waals surface area contributed by atoms with Gasteiger partial charge in [-0.2, -0.15) is 4.98 Å². The fourth-order valence-corrected chi connectivity index (χ4v) is 3.51. The number of nitrogen functional groups attached to an aromatic ring is 1. The molecule has 0 spiro atoms. The number of ether oxygens (including phenoxy) is 2. The van der Waals surface area contributed by atoms with Crippen molar-refractivity contribution in [3.8, 4) is 0 Å². The molecule has 0 aliphatic carbocycles. The molecule has 0 bridgehead atoms. The van der Waals surface area contributed by atoms with Crippen LogP contribution < -0.4 is 16.5 Å². The molecule has 1 aromatic rings. The second-order valence-corrected chi connectivity index (χ2v) is 8.06. The molecule has 1 aliphatic heterocycles. The smallest absolute Gasteiger partial charge is 0.462 e. The van der Waals surface area contributed by atoms with E-state index in [4.69, 9.17) is 19.7 Å². The van der Waals surface area contributed by atoms with Crippen LogP contribution in [0.2, 0.25) is 0 Å². The third-order valence-electron chi connectivity index (χ3n) is 4.27. The summed E-state index contributed by atoms with van der Waals surface area (Å²) in [6.45, 7) is 2.75. The number of carbonyl (C=O) groups excluding carboxylic acids is 1. The zero-order valence-electron chi connectivity index (χ0n) is 16.6. The van der Waals surface area contributed by atoms with Crippen molar-refractivity contribution in [3.05, 3.63) is 22.7 Å². The summed E-state index contributed by atoms with van der Waals surface area (Å²) in [6, 6.07) is 0.290. The maximum Gasteiger partial charge on any atom is 0.613 e. The molecule has 3 unspecified atom stereocenters. The first-order chi connectivity index (χ1) is 14.0. The van der Waals surface area contributed by atoms with Gasteiger partial charge in [-0.1, -0.05) is 5.09 Å². The lowest BCUT2D eigenvalue weighted by Gasteiger charge is -2.28. The summed E-state index contributed by atoms with van der Waals surface area (Å²) in [5.41, 5.74) is 2.00. The first kappa shape index (κ1) is 24.3. The van der Waals surface area contributed by atoms with Gasteiger partial charge in [0.1, 0.15) is 37.3 Å². The topological polar surface area (TPSA) is 175 Å². The van der Waals surface area contributed by atoms with Crippen molar-refractivity contribution in [2.75, 3.05) is 19.0 Å². The minimum absolute atomic E-state index is 0.0911. The number of rotatable bonds is 9. The van der Waals surface area contributed by atoms with E-state index in [9.17, 15) is 28.8 Å². The number of nitrogens with one attached hydrogen (secondary N) is 1. The standard InChI is InChI=1S/C16H24FN4O8P/c1-8(2)28-13(23)9(3)20-30(26)27-6-10-12(22)16(25,7-17)14(29-10)21-5-4-11(18)19-15(21)24/h4-5,8-10,12,14,22,25H,6-7H2,1-3H3,(H2-,18,19,20,24,26)/p+1/t9-,10?,12-,14+,16?/m0/s1. The lowest BCUT2D eigenvalue weighted by atomic mass is 9.95. The monoisotopic (exact) mass is 451 g/mol. The highest BCUT2D eigenvalue weighted by atomic mass is 31.1. The summed E-state index contributed by atoms with van der Waals surface area (Å²) in [5.74, 6) is -0.733. The van der Waals surface area contributed by atoms with Crippen molar-refractivity contribution < 1.29 is 38.0 Å². The molecule has 12 nitrogen and oxygen atoms in total. The van der Waals surface area contributed by atoms with E-state index >= 15 is 0 Å². The molecular formula is C16H25FN4O8P+. The molecule has 0 saturated carbocycles. The van der Waals surface area contributed by atoms with Crippen LogP contribution in [0.5, 0.6) is 0 Å². The fraction of sp³-hybridized carbons (Fsp3) is 0.688. The summed E-state index contributed by atoms with van der Waals surface area (Å²) in [4.78, 5) is 27.2. The predicted molar refractivity (Wildman–Crippen MR) is 101 cm³/mol. The van der Waals surface area contributed by atoms with Gasteiger partial charge in [0.2, 0.25) is 0 Å². The Kier molecular flexibility index (Phi) is 7.97. The lowest BCUT2D eigenvalue weighted by molar-refractivity contribution is -0.149. The van der Waals surface area contributed by atoms with Crippen LogP contribution in [0.1, 0.15) is 27.0 Å². The fourth-order valence-electron chi connectivity index (χ4n) is 2.74. The van der Waals surface area contributed by atoms with Gasteiger partial charge in [0.25, 0.3) is 0 Å². The maximum absolute atomic E-state index is 13.6. The average molecular weight is 451 g/mol. The predicted octanol–water partition coefficient (Wildman–Crippen LogP) is -0.612. The quantitative estimate of drug-likeness (QED) is 0.278. The largest absolute Gasteiger partial charge is 0.613 e. The van der Waals surface area contributed by atoms with E-state index in [0.29, 0.717) is 0 Å². The number of hydrogen-bond donors (Lipinski definition) is 4. The second kappa shape index (κ2) is 9.86. The van der Waals surface area contributed by atoms with Crippen LogP contribution >= 0.6 is 8.18 Å². The van der Waals surface area contributed by atoms with E-state index < -0.39 is 63.2 Å².